The van der Waals surface area contributed by atoms with Crippen molar-refractivity contribution in [1.82, 2.24) is 19.9 Å². The van der Waals surface area contributed by atoms with E-state index in [1.165, 1.54) is 11.1 Å². The van der Waals surface area contributed by atoms with Crippen LogP contribution in [0.1, 0.15) is 16.8 Å². The van der Waals surface area contributed by atoms with Gasteiger partial charge in [-0.05, 0) is 29.8 Å². The maximum atomic E-state index is 5.41. The van der Waals surface area contributed by atoms with Crippen LogP contribution in [-0.4, -0.2) is 40.6 Å². The molecule has 3 heterocycles. The lowest BCUT2D eigenvalue weighted by molar-refractivity contribution is 0.242. The molecule has 2 aromatic heterocycles. The zero-order chi connectivity index (χ0) is 22.6. The highest BCUT2D eigenvalue weighted by Gasteiger charge is 2.19. The molecule has 2 aromatic carbocycles. The van der Waals surface area contributed by atoms with Gasteiger partial charge in [-0.1, -0.05) is 36.4 Å². The van der Waals surface area contributed by atoms with E-state index in [1.807, 2.05) is 48.8 Å². The summed E-state index contributed by atoms with van der Waals surface area (Å²) in [6.07, 6.45) is 4.86. The van der Waals surface area contributed by atoms with Gasteiger partial charge in [0.2, 0.25) is 0 Å². The van der Waals surface area contributed by atoms with E-state index in [0.717, 1.165) is 54.4 Å². The van der Waals surface area contributed by atoms with Crippen molar-refractivity contribution in [3.63, 3.8) is 0 Å². The molecule has 0 fully saturated rings. The maximum absolute atomic E-state index is 5.41. The standard InChI is InChI=1S/C27H26N4O2/c1-32-25-11-9-21(14-26(25)33-2)23-10-8-19(15-28-23)17-31-13-12-24-22(18-31)16-29-27(30-24)20-6-4-3-5-7-20/h3-11,14-16H,12-13,17-18H2,1-2H3. The molecule has 0 saturated heterocycles. The zero-order valence-electron chi connectivity index (χ0n) is 18.9. The van der Waals surface area contributed by atoms with Crippen molar-refractivity contribution in [2.75, 3.05) is 20.8 Å². The van der Waals surface area contributed by atoms with Crippen LogP contribution < -0.4 is 9.47 Å². The molecule has 166 valence electrons. The average Bonchev–Trinajstić information content (AvgIpc) is 2.89. The molecule has 0 aliphatic carbocycles. The van der Waals surface area contributed by atoms with E-state index in [2.05, 4.69) is 39.1 Å². The van der Waals surface area contributed by atoms with Crippen molar-refractivity contribution < 1.29 is 9.47 Å². The van der Waals surface area contributed by atoms with E-state index in [9.17, 15) is 0 Å². The van der Waals surface area contributed by atoms with Gasteiger partial charge in [-0.15, -0.1) is 0 Å². The molecule has 0 atom stereocenters. The average molecular weight is 439 g/mol. The van der Waals surface area contributed by atoms with Crippen molar-refractivity contribution in [3.05, 3.63) is 89.9 Å². The first-order chi connectivity index (χ1) is 16.2. The van der Waals surface area contributed by atoms with Gasteiger partial charge in [-0.2, -0.15) is 0 Å². The lowest BCUT2D eigenvalue weighted by atomic mass is 10.1. The summed E-state index contributed by atoms with van der Waals surface area (Å²) < 4.78 is 10.7. The Hall–Kier alpha value is -3.77. The second-order valence-corrected chi connectivity index (χ2v) is 8.11. The van der Waals surface area contributed by atoms with Crippen LogP contribution in [0.3, 0.4) is 0 Å². The van der Waals surface area contributed by atoms with E-state index >= 15 is 0 Å². The Kier molecular flexibility index (Phi) is 6.00. The molecule has 1 aliphatic heterocycles. The fraction of sp³-hybridized carbons (Fsp3) is 0.222. The van der Waals surface area contributed by atoms with Crippen LogP contribution in [0, 0.1) is 0 Å². The third-order valence-electron chi connectivity index (χ3n) is 5.96. The van der Waals surface area contributed by atoms with E-state index in [0.29, 0.717) is 11.5 Å². The van der Waals surface area contributed by atoms with Gasteiger partial charge in [0.25, 0.3) is 0 Å². The minimum absolute atomic E-state index is 0.700. The van der Waals surface area contributed by atoms with Gasteiger partial charge in [0, 0.05) is 55.1 Å². The molecule has 0 amide bonds. The minimum Gasteiger partial charge on any atom is -0.493 e. The number of nitrogens with zero attached hydrogens (tertiary/aromatic N) is 4. The van der Waals surface area contributed by atoms with Gasteiger partial charge in [-0.3, -0.25) is 9.88 Å². The summed E-state index contributed by atoms with van der Waals surface area (Å²) in [6.45, 7) is 2.66. The fourth-order valence-corrected chi connectivity index (χ4v) is 4.18. The van der Waals surface area contributed by atoms with Crippen molar-refractivity contribution in [1.29, 1.82) is 0 Å². The molecule has 6 heteroatoms. The van der Waals surface area contributed by atoms with Crippen LogP contribution in [0.25, 0.3) is 22.6 Å². The smallest absolute Gasteiger partial charge is 0.161 e. The molecule has 0 radical (unpaired) electrons. The molecule has 0 saturated carbocycles. The van der Waals surface area contributed by atoms with Crippen LogP contribution in [-0.2, 0) is 19.5 Å². The third-order valence-corrected chi connectivity index (χ3v) is 5.96. The van der Waals surface area contributed by atoms with E-state index in [4.69, 9.17) is 14.5 Å². The fourth-order valence-electron chi connectivity index (χ4n) is 4.18. The normalized spacial score (nSPS) is 13.4. The number of fused-ring (bicyclic) bond motifs is 1. The van der Waals surface area contributed by atoms with Crippen molar-refractivity contribution in [3.8, 4) is 34.1 Å². The predicted octanol–water partition coefficient (Wildman–Crippen LogP) is 4.78. The highest BCUT2D eigenvalue weighted by molar-refractivity contribution is 5.64. The SMILES string of the molecule is COc1ccc(-c2ccc(CN3CCc4nc(-c5ccccc5)ncc4C3)cn2)cc1OC. The molecule has 0 N–H and O–H groups in total. The van der Waals surface area contributed by atoms with Crippen LogP contribution in [0.4, 0.5) is 0 Å². The van der Waals surface area contributed by atoms with Gasteiger partial charge in [-0.25, -0.2) is 9.97 Å². The van der Waals surface area contributed by atoms with Crippen LogP contribution in [0.2, 0.25) is 0 Å². The summed E-state index contributed by atoms with van der Waals surface area (Å²) in [5.41, 5.74) is 6.51. The first-order valence-electron chi connectivity index (χ1n) is 11.0. The quantitative estimate of drug-likeness (QED) is 0.432. The molecule has 6 nitrogen and oxygen atoms in total. The molecule has 33 heavy (non-hydrogen) atoms. The Morgan fingerprint density at radius 2 is 1.70 bits per heavy atom. The van der Waals surface area contributed by atoms with Crippen molar-refractivity contribution in [2.45, 2.75) is 19.5 Å². The van der Waals surface area contributed by atoms with Gasteiger partial charge in [0.1, 0.15) is 0 Å². The number of hydrogen-bond donors (Lipinski definition) is 0. The van der Waals surface area contributed by atoms with Gasteiger partial charge < -0.3 is 9.47 Å². The molecular weight excluding hydrogens is 412 g/mol. The van der Waals surface area contributed by atoms with Gasteiger partial charge in [0.15, 0.2) is 17.3 Å². The summed E-state index contributed by atoms with van der Waals surface area (Å²) in [4.78, 5) is 16.5. The van der Waals surface area contributed by atoms with E-state index in [-0.39, 0.29) is 0 Å². The second kappa shape index (κ2) is 9.38. The first kappa shape index (κ1) is 21.1. The summed E-state index contributed by atoms with van der Waals surface area (Å²) in [7, 11) is 3.28. The number of aromatic nitrogens is 3. The van der Waals surface area contributed by atoms with Gasteiger partial charge in [0.05, 0.1) is 25.6 Å². The van der Waals surface area contributed by atoms with Gasteiger partial charge >= 0.3 is 0 Å². The Bertz CT molecular complexity index is 1240. The molecular formula is C27H26N4O2. The third kappa shape index (κ3) is 4.56. The van der Waals surface area contributed by atoms with E-state index < -0.39 is 0 Å². The Morgan fingerprint density at radius 3 is 2.45 bits per heavy atom. The summed E-state index contributed by atoms with van der Waals surface area (Å²) >= 11 is 0. The topological polar surface area (TPSA) is 60.4 Å². The first-order valence-corrected chi connectivity index (χ1v) is 11.0. The highest BCUT2D eigenvalue weighted by atomic mass is 16.5. The molecule has 0 spiro atoms. The second-order valence-electron chi connectivity index (χ2n) is 8.11. The number of pyridine rings is 1. The van der Waals surface area contributed by atoms with Crippen LogP contribution >= 0.6 is 0 Å². The van der Waals surface area contributed by atoms with Crippen LogP contribution in [0.15, 0.2) is 73.1 Å². The number of rotatable bonds is 6. The number of ether oxygens (including phenoxy) is 2. The van der Waals surface area contributed by atoms with Crippen molar-refractivity contribution in [2.24, 2.45) is 0 Å². The molecule has 0 bridgehead atoms. The maximum Gasteiger partial charge on any atom is 0.161 e. The zero-order valence-corrected chi connectivity index (χ0v) is 18.9. The monoisotopic (exact) mass is 438 g/mol. The Labute approximate surface area is 193 Å². The lowest BCUT2D eigenvalue weighted by Gasteiger charge is -2.28. The molecule has 1 aliphatic rings. The summed E-state index contributed by atoms with van der Waals surface area (Å²) in [5, 5.41) is 0. The molecule has 0 unspecified atom stereocenters. The number of hydrogen-bond acceptors (Lipinski definition) is 6. The largest absolute Gasteiger partial charge is 0.493 e. The summed E-state index contributed by atoms with van der Waals surface area (Å²) in [6, 6.07) is 20.2. The number of methoxy groups -OCH3 is 2. The molecule has 4 aromatic rings. The Morgan fingerprint density at radius 1 is 0.848 bits per heavy atom. The predicted molar refractivity (Wildman–Crippen MR) is 128 cm³/mol. The lowest BCUT2D eigenvalue weighted by Crippen LogP contribution is -2.31. The summed E-state index contributed by atoms with van der Waals surface area (Å²) in [5.74, 6) is 2.21. The Balaban J connectivity index is 1.26. The highest BCUT2D eigenvalue weighted by Crippen LogP contribution is 2.31. The van der Waals surface area contributed by atoms with E-state index in [1.54, 1.807) is 14.2 Å². The minimum atomic E-state index is 0.700. The van der Waals surface area contributed by atoms with Crippen LogP contribution in [0.5, 0.6) is 11.5 Å². The molecule has 5 rings (SSSR count). The number of benzene rings is 2. The van der Waals surface area contributed by atoms with Crippen molar-refractivity contribution >= 4 is 0 Å².